The normalized spacial score (nSPS) is 28.2. The average Bonchev–Trinajstić information content (AvgIpc) is 3.52. The molecule has 204 valence electrons. The van der Waals surface area contributed by atoms with Gasteiger partial charge in [0.1, 0.15) is 24.6 Å². The highest BCUT2D eigenvalue weighted by atomic mass is 19.4. The zero-order valence-corrected chi connectivity index (χ0v) is 20.9. The molecule has 2 fully saturated rings. The highest BCUT2D eigenvalue weighted by molar-refractivity contribution is 5.69. The molecule has 3 rings (SSSR count). The van der Waals surface area contributed by atoms with Crippen LogP contribution in [0.15, 0.2) is 36.9 Å². The Labute approximate surface area is 209 Å². The molecule has 1 aliphatic carbocycles. The van der Waals surface area contributed by atoms with Gasteiger partial charge in [0.2, 0.25) is 0 Å². The van der Waals surface area contributed by atoms with Gasteiger partial charge in [-0.25, -0.2) is 0 Å². The van der Waals surface area contributed by atoms with Crippen LogP contribution in [0, 0.1) is 11.8 Å². The van der Waals surface area contributed by atoms with Crippen molar-refractivity contribution in [3.05, 3.63) is 42.5 Å². The van der Waals surface area contributed by atoms with Gasteiger partial charge in [0.25, 0.3) is 0 Å². The number of hydrogen-bond acceptors (Lipinski definition) is 7. The lowest BCUT2D eigenvalue weighted by Crippen LogP contribution is -2.31. The summed E-state index contributed by atoms with van der Waals surface area (Å²) in [4.78, 5) is 10.9. The van der Waals surface area contributed by atoms with Gasteiger partial charge in [-0.3, -0.25) is 4.79 Å². The number of hydrogen-bond donors (Lipinski definition) is 3. The third-order valence-electron chi connectivity index (χ3n) is 6.20. The highest BCUT2D eigenvalue weighted by Crippen LogP contribution is 2.44. The van der Waals surface area contributed by atoms with E-state index >= 15 is 0 Å². The molecule has 1 aromatic rings. The zero-order chi connectivity index (χ0) is 27.0. The number of aliphatic hydroxyl groups is 3. The minimum absolute atomic E-state index is 0.00577. The number of ether oxygens (including phenoxy) is 3. The van der Waals surface area contributed by atoms with Crippen molar-refractivity contribution in [1.29, 1.82) is 0 Å². The molecule has 0 amide bonds. The van der Waals surface area contributed by atoms with Crippen LogP contribution in [0.2, 0.25) is 0 Å². The van der Waals surface area contributed by atoms with Gasteiger partial charge in [0.05, 0.1) is 30.0 Å². The van der Waals surface area contributed by atoms with Crippen LogP contribution >= 0.6 is 0 Å². The zero-order valence-electron chi connectivity index (χ0n) is 20.9. The Balaban J connectivity index is 0.000000352. The maximum absolute atomic E-state index is 12.7. The molecule has 1 aliphatic heterocycles. The molecule has 1 saturated heterocycles. The number of epoxide rings is 1. The van der Waals surface area contributed by atoms with Crippen molar-refractivity contribution in [3.63, 3.8) is 0 Å². The molecule has 1 saturated carbocycles. The maximum Gasteiger partial charge on any atom is 0.416 e. The fourth-order valence-corrected chi connectivity index (χ4v) is 4.25. The minimum atomic E-state index is -4.46. The second kappa shape index (κ2) is 13.4. The van der Waals surface area contributed by atoms with Gasteiger partial charge in [-0.2, -0.15) is 13.2 Å². The van der Waals surface area contributed by atoms with Crippen molar-refractivity contribution in [2.24, 2.45) is 11.8 Å². The van der Waals surface area contributed by atoms with E-state index in [1.807, 2.05) is 26.8 Å². The van der Waals surface area contributed by atoms with Crippen molar-refractivity contribution in [1.82, 2.24) is 0 Å². The fourth-order valence-electron chi connectivity index (χ4n) is 4.25. The van der Waals surface area contributed by atoms with Crippen LogP contribution in [-0.2, 0) is 20.4 Å². The second-order valence-corrected chi connectivity index (χ2v) is 9.50. The first kappa shape index (κ1) is 30.1. The van der Waals surface area contributed by atoms with Gasteiger partial charge in [-0.05, 0) is 57.2 Å². The number of alkyl halides is 3. The molecule has 7 nitrogen and oxygen atoms in total. The lowest BCUT2D eigenvalue weighted by atomic mass is 9.90. The largest absolute Gasteiger partial charge is 0.491 e. The van der Waals surface area contributed by atoms with E-state index < -0.39 is 36.2 Å². The Morgan fingerprint density at radius 1 is 1.28 bits per heavy atom. The molecular formula is C26H37F3O7. The number of esters is 1. The van der Waals surface area contributed by atoms with Crippen LogP contribution in [0.1, 0.15) is 52.0 Å². The van der Waals surface area contributed by atoms with E-state index in [1.54, 1.807) is 0 Å². The van der Waals surface area contributed by atoms with Crippen LogP contribution < -0.4 is 4.74 Å². The van der Waals surface area contributed by atoms with Gasteiger partial charge >= 0.3 is 12.1 Å². The summed E-state index contributed by atoms with van der Waals surface area (Å²) >= 11 is 0. The molecule has 3 N–H and O–H groups in total. The van der Waals surface area contributed by atoms with E-state index in [-0.39, 0.29) is 48.8 Å². The van der Waals surface area contributed by atoms with Crippen molar-refractivity contribution in [2.75, 3.05) is 6.61 Å². The van der Waals surface area contributed by atoms with Crippen LogP contribution in [0.3, 0.4) is 0 Å². The average molecular weight is 519 g/mol. The number of aliphatic hydroxyl groups excluding tert-OH is 3. The molecular weight excluding hydrogens is 481 g/mol. The number of halogens is 3. The molecule has 0 radical (unpaired) electrons. The van der Waals surface area contributed by atoms with E-state index in [0.29, 0.717) is 6.42 Å². The quantitative estimate of drug-likeness (QED) is 0.187. The van der Waals surface area contributed by atoms with Crippen LogP contribution in [0.5, 0.6) is 5.75 Å². The molecule has 2 unspecified atom stereocenters. The Morgan fingerprint density at radius 3 is 2.53 bits per heavy atom. The molecule has 1 aromatic carbocycles. The van der Waals surface area contributed by atoms with Gasteiger partial charge in [-0.1, -0.05) is 19.1 Å². The summed E-state index contributed by atoms with van der Waals surface area (Å²) in [6, 6.07) is 4.43. The standard InChI is InChI=1S/C17H21F3O5.C9H16O2/c1-8-11(21)6-12(22)14(8)16-15(25-16)13(23)7-24-10-4-2-3-9(5-10)17(18,19)20;1-4-5-6-7-9(10)11-8(2)3/h2-5,8,11-16,21-23H,6-7H2,1H3;4,8H,1,5-7H2,2-3H3/t8-,11-,12+,13-,14?,15?,16+;/m0./s1. The maximum atomic E-state index is 12.7. The summed E-state index contributed by atoms with van der Waals surface area (Å²) in [7, 11) is 0. The Hall–Kier alpha value is -2.14. The van der Waals surface area contributed by atoms with Crippen molar-refractivity contribution < 1.29 is 47.5 Å². The predicted molar refractivity (Wildman–Crippen MR) is 126 cm³/mol. The monoisotopic (exact) mass is 518 g/mol. The summed E-state index contributed by atoms with van der Waals surface area (Å²) in [5, 5.41) is 29.9. The molecule has 7 atom stereocenters. The molecule has 2 aliphatic rings. The van der Waals surface area contributed by atoms with Crippen LogP contribution in [0.4, 0.5) is 13.2 Å². The predicted octanol–water partition coefficient (Wildman–Crippen LogP) is 3.88. The SMILES string of the molecule is C=CCCCC(=O)OC(C)C.C[C@@H]1C([C@H]2OC2[C@@H](O)COc2cccc(C(F)(F)F)c2)[C@H](O)C[C@@H]1O. The van der Waals surface area contributed by atoms with E-state index in [9.17, 15) is 33.3 Å². The summed E-state index contributed by atoms with van der Waals surface area (Å²) in [5.41, 5.74) is -0.822. The van der Waals surface area contributed by atoms with Crippen LogP contribution in [-0.4, -0.2) is 64.5 Å². The van der Waals surface area contributed by atoms with Gasteiger partial charge in [-0.15, -0.1) is 6.58 Å². The molecule has 0 aromatic heterocycles. The van der Waals surface area contributed by atoms with Gasteiger partial charge < -0.3 is 29.5 Å². The molecule has 0 spiro atoms. The number of unbranched alkanes of at least 4 members (excludes halogenated alkanes) is 1. The van der Waals surface area contributed by atoms with Crippen molar-refractivity contribution in [3.8, 4) is 5.75 Å². The molecule has 0 bridgehead atoms. The number of carbonyl (C=O) groups is 1. The first-order valence-corrected chi connectivity index (χ1v) is 12.1. The van der Waals surface area contributed by atoms with E-state index in [4.69, 9.17) is 14.2 Å². The van der Waals surface area contributed by atoms with E-state index in [0.717, 1.165) is 25.0 Å². The summed E-state index contributed by atoms with van der Waals surface area (Å²) in [6.45, 7) is 8.87. The first-order chi connectivity index (χ1) is 16.8. The van der Waals surface area contributed by atoms with Crippen molar-refractivity contribution >= 4 is 5.97 Å². The molecule has 36 heavy (non-hydrogen) atoms. The Morgan fingerprint density at radius 2 is 1.97 bits per heavy atom. The molecule has 1 heterocycles. The Kier molecular flexibility index (Phi) is 11.2. The lowest BCUT2D eigenvalue weighted by Gasteiger charge is -2.18. The Bertz CT molecular complexity index is 845. The minimum Gasteiger partial charge on any atom is -0.491 e. The van der Waals surface area contributed by atoms with Gasteiger partial charge in [0.15, 0.2) is 0 Å². The number of allylic oxidation sites excluding steroid dienone is 1. The molecule has 10 heteroatoms. The van der Waals surface area contributed by atoms with E-state index in [2.05, 4.69) is 6.58 Å². The van der Waals surface area contributed by atoms with Crippen LogP contribution in [0.25, 0.3) is 0 Å². The lowest BCUT2D eigenvalue weighted by molar-refractivity contribution is -0.147. The second-order valence-electron chi connectivity index (χ2n) is 9.50. The number of rotatable bonds is 10. The summed E-state index contributed by atoms with van der Waals surface area (Å²) in [6.07, 6.45) is -3.42. The summed E-state index contributed by atoms with van der Waals surface area (Å²) < 4.78 is 53.6. The number of carbonyl (C=O) groups excluding carboxylic acids is 1. The highest BCUT2D eigenvalue weighted by Gasteiger charge is 2.56. The third kappa shape index (κ3) is 9.06. The summed E-state index contributed by atoms with van der Waals surface area (Å²) in [5.74, 6) is -0.526. The smallest absolute Gasteiger partial charge is 0.416 e. The number of benzene rings is 1. The first-order valence-electron chi connectivity index (χ1n) is 12.1. The van der Waals surface area contributed by atoms with E-state index in [1.165, 1.54) is 12.1 Å². The van der Waals surface area contributed by atoms with Gasteiger partial charge in [0, 0.05) is 12.3 Å². The fraction of sp³-hybridized carbons (Fsp3) is 0.654. The third-order valence-corrected chi connectivity index (χ3v) is 6.20. The topological polar surface area (TPSA) is 109 Å². The van der Waals surface area contributed by atoms with Crippen molar-refractivity contribution in [2.45, 2.75) is 89.3 Å².